The van der Waals surface area contributed by atoms with Crippen LogP contribution in [0.1, 0.15) is 39.2 Å². The maximum Gasteiger partial charge on any atom is 0.229 e. The molecule has 0 atom stereocenters. The predicted octanol–water partition coefficient (Wildman–Crippen LogP) is 2.52. The molecule has 28 heavy (non-hydrogen) atoms. The van der Waals surface area contributed by atoms with E-state index >= 15 is 0 Å². The lowest BCUT2D eigenvalue weighted by atomic mass is 9.89. The average molecular weight is 374 g/mol. The summed E-state index contributed by atoms with van der Waals surface area (Å²) >= 11 is 0. The van der Waals surface area contributed by atoms with Gasteiger partial charge in [-0.15, -0.1) is 0 Å². The van der Waals surface area contributed by atoms with Crippen LogP contribution in [-0.4, -0.2) is 55.7 Å². The van der Waals surface area contributed by atoms with E-state index < -0.39 is 10.8 Å². The summed E-state index contributed by atoms with van der Waals surface area (Å²) in [5, 5.41) is 0. The third-order valence-electron chi connectivity index (χ3n) is 5.01. The Labute approximate surface area is 160 Å². The number of aromatic amines is 2. The molecule has 3 aliphatic rings. The Hall–Kier alpha value is -3.56. The molecule has 0 saturated heterocycles. The number of amidine groups is 4. The summed E-state index contributed by atoms with van der Waals surface area (Å²) in [4.78, 5) is 42.3. The van der Waals surface area contributed by atoms with Gasteiger partial charge in [0.05, 0.1) is 35.7 Å². The Kier molecular flexibility index (Phi) is 3.25. The highest BCUT2D eigenvalue weighted by Crippen LogP contribution is 2.31. The lowest BCUT2D eigenvalue weighted by Crippen LogP contribution is -2.30. The maximum atomic E-state index is 4.55. The smallest absolute Gasteiger partial charge is 0.229 e. The van der Waals surface area contributed by atoms with Crippen molar-refractivity contribution in [3.63, 3.8) is 0 Å². The second-order valence-corrected chi connectivity index (χ2v) is 7.81. The zero-order valence-electron chi connectivity index (χ0n) is 15.9. The summed E-state index contributed by atoms with van der Waals surface area (Å²) in [6.45, 7) is 8.02. The zero-order chi connectivity index (χ0) is 19.5. The van der Waals surface area contributed by atoms with E-state index in [1.54, 1.807) is 24.8 Å². The number of hydrogen-bond acceptors (Lipinski definition) is 8. The average Bonchev–Trinajstić information content (AvgIpc) is 3.42. The molecule has 3 aliphatic heterocycles. The van der Waals surface area contributed by atoms with Gasteiger partial charge in [-0.1, -0.05) is 0 Å². The van der Waals surface area contributed by atoms with Crippen LogP contribution in [0, 0.1) is 5.41 Å². The van der Waals surface area contributed by atoms with E-state index in [1.807, 2.05) is 27.7 Å². The van der Waals surface area contributed by atoms with Gasteiger partial charge in [-0.05, 0) is 27.7 Å². The van der Waals surface area contributed by atoms with E-state index in [-0.39, 0.29) is 0 Å². The fourth-order valence-electron chi connectivity index (χ4n) is 3.11. The number of fused-ring (bicyclic) bond motifs is 6. The van der Waals surface area contributed by atoms with Gasteiger partial charge in [-0.25, -0.2) is 34.9 Å². The van der Waals surface area contributed by atoms with Crippen molar-refractivity contribution in [2.24, 2.45) is 35.4 Å². The third-order valence-corrected chi connectivity index (χ3v) is 5.01. The van der Waals surface area contributed by atoms with Crippen LogP contribution >= 0.6 is 0 Å². The molecule has 10 nitrogen and oxygen atoms in total. The zero-order valence-corrected chi connectivity index (χ0v) is 15.9. The van der Waals surface area contributed by atoms with Crippen LogP contribution in [0.15, 0.2) is 42.3 Å². The van der Waals surface area contributed by atoms with Crippen molar-refractivity contribution in [1.29, 1.82) is 0 Å². The van der Waals surface area contributed by atoms with Crippen molar-refractivity contribution in [2.45, 2.75) is 33.1 Å². The topological polar surface area (TPSA) is 132 Å². The summed E-state index contributed by atoms with van der Waals surface area (Å²) in [7, 11) is 0. The van der Waals surface area contributed by atoms with Gasteiger partial charge in [-0.3, -0.25) is 0 Å². The van der Waals surface area contributed by atoms with Gasteiger partial charge in [-0.2, -0.15) is 4.99 Å². The van der Waals surface area contributed by atoms with E-state index in [9.17, 15) is 0 Å². The largest absolute Gasteiger partial charge is 0.326 e. The van der Waals surface area contributed by atoms with Gasteiger partial charge < -0.3 is 9.97 Å². The molecule has 0 radical (unpaired) electrons. The minimum Gasteiger partial charge on any atom is -0.326 e. The Morgan fingerprint density at radius 3 is 2.11 bits per heavy atom. The van der Waals surface area contributed by atoms with Gasteiger partial charge >= 0.3 is 0 Å². The molecule has 2 N–H and O–H groups in total. The number of nitrogens with zero attached hydrogens (tertiary/aromatic N) is 8. The molecular weight excluding hydrogens is 356 g/mol. The maximum absolute atomic E-state index is 4.55. The molecule has 2 aromatic rings. The quantitative estimate of drug-likeness (QED) is 0.733. The van der Waals surface area contributed by atoms with Crippen LogP contribution in [0.4, 0.5) is 11.8 Å². The highest BCUT2D eigenvalue weighted by atomic mass is 15.2. The lowest BCUT2D eigenvalue weighted by molar-refractivity contribution is 0.582. The molecule has 8 bridgehead atoms. The molecule has 0 amide bonds. The summed E-state index contributed by atoms with van der Waals surface area (Å²) < 4.78 is 0. The third kappa shape index (κ3) is 2.48. The van der Waals surface area contributed by atoms with E-state index in [0.717, 1.165) is 11.5 Å². The summed E-state index contributed by atoms with van der Waals surface area (Å²) in [6.07, 6.45) is 6.69. The molecule has 5 rings (SSSR count). The molecule has 0 saturated carbocycles. The number of rotatable bonds is 0. The SMILES string of the molecule is CC1(C)C2=NC(=Nc3ncc([nH]3)C(C)(C)c3ncc([nH]3)/N=C3/C=NC1=N3)C=N2. The highest BCUT2D eigenvalue weighted by Gasteiger charge is 2.35. The van der Waals surface area contributed by atoms with E-state index in [4.69, 9.17) is 0 Å². The second kappa shape index (κ2) is 5.47. The number of H-pyrrole nitrogens is 2. The van der Waals surface area contributed by atoms with Gasteiger partial charge in [0.15, 0.2) is 17.5 Å². The van der Waals surface area contributed by atoms with Crippen molar-refractivity contribution in [1.82, 2.24) is 19.9 Å². The predicted molar refractivity (Wildman–Crippen MR) is 109 cm³/mol. The van der Waals surface area contributed by atoms with Crippen molar-refractivity contribution in [2.75, 3.05) is 0 Å². The highest BCUT2D eigenvalue weighted by molar-refractivity contribution is 6.42. The molecule has 5 heterocycles. The normalized spacial score (nSPS) is 23.1. The van der Waals surface area contributed by atoms with Crippen molar-refractivity contribution in [3.05, 3.63) is 23.9 Å². The second-order valence-electron chi connectivity index (χ2n) is 7.81. The Morgan fingerprint density at radius 1 is 0.714 bits per heavy atom. The van der Waals surface area contributed by atoms with Crippen LogP contribution in [0.2, 0.25) is 0 Å². The molecule has 2 aromatic heterocycles. The molecule has 0 aliphatic carbocycles. The number of imidazole rings is 2. The minimum absolute atomic E-state index is 0.445. The number of hydrogen-bond donors (Lipinski definition) is 2. The van der Waals surface area contributed by atoms with Crippen LogP contribution < -0.4 is 0 Å². The van der Waals surface area contributed by atoms with E-state index in [2.05, 4.69) is 49.9 Å². The molecule has 0 unspecified atom stereocenters. The van der Waals surface area contributed by atoms with Crippen molar-refractivity contribution >= 4 is 47.5 Å². The first-order valence-electron chi connectivity index (χ1n) is 8.87. The Balaban J connectivity index is 1.70. The van der Waals surface area contributed by atoms with Gasteiger partial charge in [0.25, 0.3) is 0 Å². The number of aliphatic imine (C=N–C) groups is 6. The molecule has 10 heteroatoms. The van der Waals surface area contributed by atoms with Gasteiger partial charge in [0, 0.05) is 5.69 Å². The first kappa shape index (κ1) is 16.6. The van der Waals surface area contributed by atoms with Crippen LogP contribution in [0.25, 0.3) is 0 Å². The number of aromatic nitrogens is 4. The molecule has 0 fully saturated rings. The first-order valence-corrected chi connectivity index (χ1v) is 8.87. The number of nitrogens with one attached hydrogen (secondary N) is 2. The van der Waals surface area contributed by atoms with Crippen molar-refractivity contribution in [3.8, 4) is 0 Å². The van der Waals surface area contributed by atoms with Gasteiger partial charge in [0.1, 0.15) is 17.5 Å². The standard InChI is InChI=1S/C18H18N10/c1-17(2)9-5-22-16(23-9)28-12-8-21-15(27-12)18(3,4)14-20-7-11(26-14)24-10-6-19-13(17)25-10/h5-8H,1-4H3,(H,19,25)(H,22,23)/b24-11-,28-12?. The lowest BCUT2D eigenvalue weighted by Gasteiger charge is -2.20. The van der Waals surface area contributed by atoms with Gasteiger partial charge in [0.2, 0.25) is 5.95 Å². The minimum atomic E-state index is -0.589. The van der Waals surface area contributed by atoms with Crippen LogP contribution in [0.5, 0.6) is 0 Å². The first-order chi connectivity index (χ1) is 13.3. The Morgan fingerprint density at radius 2 is 1.39 bits per heavy atom. The monoisotopic (exact) mass is 374 g/mol. The fourth-order valence-corrected chi connectivity index (χ4v) is 3.11. The molecular formula is C18H18N10. The summed E-state index contributed by atoms with van der Waals surface area (Å²) in [6, 6.07) is 0. The Bertz CT molecular complexity index is 1070. The molecule has 140 valence electrons. The van der Waals surface area contributed by atoms with E-state index in [0.29, 0.717) is 35.1 Å². The fraction of sp³-hybridized carbons (Fsp3) is 0.333. The van der Waals surface area contributed by atoms with Crippen LogP contribution in [-0.2, 0) is 5.41 Å². The molecule has 0 aromatic carbocycles. The summed E-state index contributed by atoms with van der Waals surface area (Å²) in [5.74, 6) is 3.99. The molecule has 0 spiro atoms. The summed E-state index contributed by atoms with van der Waals surface area (Å²) in [5.41, 5.74) is -0.164. The van der Waals surface area contributed by atoms with Crippen LogP contribution in [0.3, 0.4) is 0 Å². The van der Waals surface area contributed by atoms with Crippen molar-refractivity contribution < 1.29 is 0 Å². The van der Waals surface area contributed by atoms with E-state index in [1.165, 1.54) is 0 Å².